The van der Waals surface area contributed by atoms with Gasteiger partial charge in [-0.3, -0.25) is 0 Å². The zero-order valence-corrected chi connectivity index (χ0v) is 10.4. The summed E-state index contributed by atoms with van der Waals surface area (Å²) in [7, 11) is 0. The molecule has 0 unspecified atom stereocenters. The van der Waals surface area contributed by atoms with E-state index in [0.717, 1.165) is 11.3 Å². The molecule has 0 atom stereocenters. The van der Waals surface area contributed by atoms with Crippen molar-refractivity contribution in [3.8, 4) is 5.69 Å². The highest BCUT2D eigenvalue weighted by molar-refractivity contribution is 5.34. The molecular weight excluding hydrogens is 274 g/mol. The second-order valence-corrected chi connectivity index (χ2v) is 4.30. The van der Waals surface area contributed by atoms with Crippen molar-refractivity contribution in [3.05, 3.63) is 48.5 Å². The molecule has 0 saturated heterocycles. The molecule has 1 heterocycles. The van der Waals surface area contributed by atoms with Crippen molar-refractivity contribution in [2.45, 2.75) is 18.9 Å². The Morgan fingerprint density at radius 2 is 1.90 bits per heavy atom. The number of halogens is 4. The molecule has 2 aromatic rings. The smallest absolute Gasteiger partial charge is 0.307 e. The van der Waals surface area contributed by atoms with Crippen molar-refractivity contribution in [1.29, 1.82) is 0 Å². The van der Waals surface area contributed by atoms with E-state index in [4.69, 9.17) is 0 Å². The van der Waals surface area contributed by atoms with Gasteiger partial charge in [0.05, 0.1) is 12.9 Å². The molecule has 1 N–H and O–H groups in total. The lowest BCUT2D eigenvalue weighted by atomic mass is 10.2. The van der Waals surface area contributed by atoms with Crippen LogP contribution in [-0.4, -0.2) is 28.4 Å². The molecule has 0 fully saturated rings. The molecule has 108 valence electrons. The van der Waals surface area contributed by atoms with Gasteiger partial charge in [0, 0.05) is 24.6 Å². The third kappa shape index (κ3) is 3.57. The van der Waals surface area contributed by atoms with Crippen LogP contribution in [0.15, 0.2) is 43.0 Å². The van der Waals surface area contributed by atoms with Crippen LogP contribution >= 0.6 is 0 Å². The van der Waals surface area contributed by atoms with E-state index < -0.39 is 18.9 Å². The second-order valence-electron chi connectivity index (χ2n) is 4.30. The summed E-state index contributed by atoms with van der Waals surface area (Å²) in [5, 5.41) is 2.33. The predicted octanol–water partition coefficient (Wildman–Crippen LogP) is 2.86. The number of rotatable bonds is 6. The molecule has 0 aliphatic rings. The minimum Gasteiger partial charge on any atom is -0.307 e. The normalized spacial score (nSPS) is 12.1. The fourth-order valence-corrected chi connectivity index (χ4v) is 1.65. The molecule has 0 spiro atoms. The summed E-state index contributed by atoms with van der Waals surface area (Å²) in [6.07, 6.45) is 1.40. The van der Waals surface area contributed by atoms with Gasteiger partial charge in [0.15, 0.2) is 0 Å². The van der Waals surface area contributed by atoms with Gasteiger partial charge in [-0.05, 0) is 17.7 Å². The summed E-state index contributed by atoms with van der Waals surface area (Å²) in [5.41, 5.74) is 1.61. The van der Waals surface area contributed by atoms with Crippen LogP contribution < -0.4 is 5.32 Å². The molecular formula is C13H13F4N3. The van der Waals surface area contributed by atoms with Gasteiger partial charge in [-0.15, -0.1) is 0 Å². The summed E-state index contributed by atoms with van der Waals surface area (Å²) < 4.78 is 51.0. The van der Waals surface area contributed by atoms with Gasteiger partial charge in [0.1, 0.15) is 0 Å². The van der Waals surface area contributed by atoms with Crippen molar-refractivity contribution in [3.63, 3.8) is 0 Å². The second kappa shape index (κ2) is 6.04. The van der Waals surface area contributed by atoms with E-state index in [1.165, 1.54) is 0 Å². The van der Waals surface area contributed by atoms with Crippen LogP contribution in [0.5, 0.6) is 0 Å². The average Bonchev–Trinajstić information content (AvgIpc) is 2.93. The topological polar surface area (TPSA) is 29.9 Å². The molecule has 20 heavy (non-hydrogen) atoms. The standard InChI is InChI=1S/C13H13F4N3/c14-12(15)13(16,17)8-19-7-10-1-3-11(4-2-10)20-6-5-18-9-20/h1-6,9,12,19H,7-8H2. The third-order valence-electron chi connectivity index (χ3n) is 2.75. The van der Waals surface area contributed by atoms with Crippen molar-refractivity contribution in [1.82, 2.24) is 14.9 Å². The van der Waals surface area contributed by atoms with Crippen molar-refractivity contribution in [2.24, 2.45) is 0 Å². The van der Waals surface area contributed by atoms with Crippen molar-refractivity contribution in [2.75, 3.05) is 6.54 Å². The maximum atomic E-state index is 12.7. The summed E-state index contributed by atoms with van der Waals surface area (Å²) >= 11 is 0. The lowest BCUT2D eigenvalue weighted by Gasteiger charge is -2.15. The minimum atomic E-state index is -4.00. The number of alkyl halides is 4. The molecule has 0 amide bonds. The first-order valence-corrected chi connectivity index (χ1v) is 5.93. The average molecular weight is 287 g/mol. The highest BCUT2D eigenvalue weighted by Crippen LogP contribution is 2.21. The van der Waals surface area contributed by atoms with Crippen LogP contribution in [0.4, 0.5) is 17.6 Å². The van der Waals surface area contributed by atoms with E-state index in [2.05, 4.69) is 10.3 Å². The Labute approximate surface area is 113 Å². The minimum absolute atomic E-state index is 0.104. The first-order valence-electron chi connectivity index (χ1n) is 5.93. The van der Waals surface area contributed by atoms with E-state index in [-0.39, 0.29) is 6.54 Å². The summed E-state index contributed by atoms with van der Waals surface area (Å²) in [4.78, 5) is 3.91. The molecule has 3 nitrogen and oxygen atoms in total. The maximum absolute atomic E-state index is 12.7. The van der Waals surface area contributed by atoms with Gasteiger partial charge < -0.3 is 9.88 Å². The van der Waals surface area contributed by atoms with Gasteiger partial charge in [0.25, 0.3) is 0 Å². The molecule has 2 rings (SSSR count). The first-order chi connectivity index (χ1) is 9.49. The number of hydrogen-bond acceptors (Lipinski definition) is 2. The van der Waals surface area contributed by atoms with E-state index in [9.17, 15) is 17.6 Å². The molecule has 0 aliphatic carbocycles. The van der Waals surface area contributed by atoms with Crippen LogP contribution in [-0.2, 0) is 6.54 Å². The Hall–Kier alpha value is -1.89. The van der Waals surface area contributed by atoms with E-state index in [0.29, 0.717) is 0 Å². The van der Waals surface area contributed by atoms with Crippen molar-refractivity contribution >= 4 is 0 Å². The highest BCUT2D eigenvalue weighted by Gasteiger charge is 2.39. The molecule has 0 bridgehead atoms. The van der Waals surface area contributed by atoms with Crippen LogP contribution in [0.25, 0.3) is 5.69 Å². The molecule has 1 aromatic carbocycles. The maximum Gasteiger partial charge on any atom is 0.319 e. The number of imidazole rings is 1. The van der Waals surface area contributed by atoms with Crippen LogP contribution in [0.1, 0.15) is 5.56 Å². The highest BCUT2D eigenvalue weighted by atomic mass is 19.3. The van der Waals surface area contributed by atoms with Gasteiger partial charge in [-0.2, -0.15) is 8.78 Å². The Morgan fingerprint density at radius 3 is 2.45 bits per heavy atom. The number of nitrogens with one attached hydrogen (secondary N) is 1. The largest absolute Gasteiger partial charge is 0.319 e. The Morgan fingerprint density at radius 1 is 1.20 bits per heavy atom. The Balaban J connectivity index is 1.89. The van der Waals surface area contributed by atoms with E-state index >= 15 is 0 Å². The third-order valence-corrected chi connectivity index (χ3v) is 2.75. The van der Waals surface area contributed by atoms with E-state index in [1.54, 1.807) is 47.6 Å². The van der Waals surface area contributed by atoms with Crippen LogP contribution in [0.2, 0.25) is 0 Å². The predicted molar refractivity (Wildman–Crippen MR) is 66.2 cm³/mol. The molecule has 0 radical (unpaired) electrons. The Bertz CT molecular complexity index is 523. The molecule has 1 aromatic heterocycles. The summed E-state index contributed by atoms with van der Waals surface area (Å²) in [6.45, 7) is -0.944. The fourth-order valence-electron chi connectivity index (χ4n) is 1.65. The molecule has 0 saturated carbocycles. The number of benzene rings is 1. The van der Waals surface area contributed by atoms with Gasteiger partial charge >= 0.3 is 12.3 Å². The first kappa shape index (κ1) is 14.5. The number of nitrogens with zero attached hydrogens (tertiary/aromatic N) is 2. The molecule has 7 heteroatoms. The monoisotopic (exact) mass is 287 g/mol. The zero-order chi connectivity index (χ0) is 14.6. The Kier molecular flexibility index (Phi) is 4.39. The lowest BCUT2D eigenvalue weighted by molar-refractivity contribution is -0.125. The fraction of sp³-hybridized carbons (Fsp3) is 0.308. The van der Waals surface area contributed by atoms with Crippen LogP contribution in [0.3, 0.4) is 0 Å². The number of hydrogen-bond donors (Lipinski definition) is 1. The zero-order valence-electron chi connectivity index (χ0n) is 10.4. The van der Waals surface area contributed by atoms with Crippen molar-refractivity contribution < 1.29 is 17.6 Å². The lowest BCUT2D eigenvalue weighted by Crippen LogP contribution is -2.38. The van der Waals surface area contributed by atoms with Gasteiger partial charge in [-0.25, -0.2) is 13.8 Å². The van der Waals surface area contributed by atoms with Gasteiger partial charge in [0.2, 0.25) is 0 Å². The quantitative estimate of drug-likeness (QED) is 0.828. The number of aromatic nitrogens is 2. The van der Waals surface area contributed by atoms with E-state index in [1.807, 2.05) is 0 Å². The van der Waals surface area contributed by atoms with Crippen LogP contribution in [0, 0.1) is 0 Å². The SMILES string of the molecule is FC(F)C(F)(F)CNCc1ccc(-n2ccnc2)cc1. The van der Waals surface area contributed by atoms with Gasteiger partial charge in [-0.1, -0.05) is 12.1 Å². The molecule has 0 aliphatic heterocycles. The summed E-state index contributed by atoms with van der Waals surface area (Å²) in [6, 6.07) is 7.07. The summed E-state index contributed by atoms with van der Waals surface area (Å²) in [5.74, 6) is -4.00.